The van der Waals surface area contributed by atoms with E-state index in [4.69, 9.17) is 5.73 Å². The first-order chi connectivity index (χ1) is 5.95. The van der Waals surface area contributed by atoms with Gasteiger partial charge in [-0.15, -0.1) is 11.8 Å². The molecule has 2 N–H and O–H groups in total. The van der Waals surface area contributed by atoms with Crippen LogP contribution < -0.4 is 5.73 Å². The molecule has 0 heterocycles. The van der Waals surface area contributed by atoms with Crippen LogP contribution in [0.15, 0.2) is 0 Å². The average molecular weight is 199 g/mol. The highest BCUT2D eigenvalue weighted by molar-refractivity contribution is 8.00. The zero-order valence-corrected chi connectivity index (χ0v) is 10.0. The Morgan fingerprint density at radius 2 is 2.00 bits per heavy atom. The summed E-state index contributed by atoms with van der Waals surface area (Å²) in [6, 6.07) is 0.296. The molecule has 13 heavy (non-hydrogen) atoms. The van der Waals surface area contributed by atoms with Crippen molar-refractivity contribution in [2.24, 2.45) is 5.73 Å². The second-order valence-corrected chi connectivity index (χ2v) is 6.00. The molecule has 76 valence electrons. The van der Waals surface area contributed by atoms with Crippen LogP contribution in [0.2, 0.25) is 0 Å². The average Bonchev–Trinajstić information content (AvgIpc) is 2.00. The van der Waals surface area contributed by atoms with Gasteiger partial charge in [-0.25, -0.2) is 0 Å². The van der Waals surface area contributed by atoms with Gasteiger partial charge in [0.1, 0.15) is 0 Å². The third-order valence-electron chi connectivity index (χ3n) is 1.55. The van der Waals surface area contributed by atoms with E-state index in [9.17, 15) is 0 Å². The maximum Gasteiger partial charge on any atom is 0.0139 e. The highest BCUT2D eigenvalue weighted by atomic mass is 32.2. The highest BCUT2D eigenvalue weighted by Crippen LogP contribution is 2.23. The van der Waals surface area contributed by atoms with Crippen LogP contribution in [-0.2, 0) is 0 Å². The third-order valence-corrected chi connectivity index (χ3v) is 3.01. The second kappa shape index (κ2) is 6.34. The first kappa shape index (κ1) is 12.9. The summed E-state index contributed by atoms with van der Waals surface area (Å²) in [5, 5.41) is 0. The van der Waals surface area contributed by atoms with Crippen molar-refractivity contribution in [3.05, 3.63) is 0 Å². The van der Waals surface area contributed by atoms with E-state index in [2.05, 4.69) is 32.6 Å². The largest absolute Gasteiger partial charge is 0.327 e. The Balaban J connectivity index is 3.49. The van der Waals surface area contributed by atoms with Gasteiger partial charge in [0.2, 0.25) is 0 Å². The van der Waals surface area contributed by atoms with Crippen LogP contribution in [0.3, 0.4) is 0 Å². The molecule has 2 heteroatoms. The van der Waals surface area contributed by atoms with E-state index in [1.165, 1.54) is 0 Å². The Labute approximate surface area is 86.9 Å². The zero-order chi connectivity index (χ0) is 10.3. The highest BCUT2D eigenvalue weighted by Gasteiger charge is 2.12. The number of nitrogens with two attached hydrogens (primary N) is 1. The molecule has 0 fully saturated rings. The monoisotopic (exact) mass is 199 g/mol. The minimum absolute atomic E-state index is 0.296. The molecule has 0 rings (SSSR count). The molecule has 0 aromatic heterocycles. The van der Waals surface area contributed by atoms with Crippen LogP contribution in [0.1, 0.15) is 40.5 Å². The molecule has 1 atom stereocenters. The lowest BCUT2D eigenvalue weighted by molar-refractivity contribution is 0.685. The maximum absolute atomic E-state index is 5.93. The van der Waals surface area contributed by atoms with Crippen molar-refractivity contribution in [1.29, 1.82) is 0 Å². The SMILES string of the molecule is CC#CCCC(N)CSC(C)(C)C. The molecule has 0 saturated carbocycles. The molecular formula is C11H21NS. The van der Waals surface area contributed by atoms with Crippen molar-refractivity contribution in [1.82, 2.24) is 0 Å². The molecule has 1 unspecified atom stereocenters. The van der Waals surface area contributed by atoms with E-state index < -0.39 is 0 Å². The maximum atomic E-state index is 5.93. The standard InChI is InChI=1S/C11H21NS/c1-5-6-7-8-10(12)9-13-11(2,3)4/h10H,7-9,12H2,1-4H3. The minimum Gasteiger partial charge on any atom is -0.327 e. The number of hydrogen-bond acceptors (Lipinski definition) is 2. The van der Waals surface area contributed by atoms with E-state index >= 15 is 0 Å². The molecule has 0 aromatic rings. The Kier molecular flexibility index (Phi) is 6.28. The summed E-state index contributed by atoms with van der Waals surface area (Å²) in [6.45, 7) is 8.53. The minimum atomic E-state index is 0.296. The van der Waals surface area contributed by atoms with Crippen LogP contribution in [0.4, 0.5) is 0 Å². The molecule has 0 aliphatic rings. The van der Waals surface area contributed by atoms with E-state index in [-0.39, 0.29) is 0 Å². The normalized spacial score (nSPS) is 13.3. The molecule has 1 nitrogen and oxygen atoms in total. The molecule has 0 aliphatic carbocycles. The van der Waals surface area contributed by atoms with Crippen LogP contribution in [0.25, 0.3) is 0 Å². The summed E-state index contributed by atoms with van der Waals surface area (Å²) in [6.07, 6.45) is 1.95. The van der Waals surface area contributed by atoms with Gasteiger partial charge in [0, 0.05) is 23.0 Å². The quantitative estimate of drug-likeness (QED) is 0.704. The first-order valence-corrected chi connectivity index (χ1v) is 5.73. The van der Waals surface area contributed by atoms with Crippen molar-refractivity contribution in [3.8, 4) is 11.8 Å². The summed E-state index contributed by atoms with van der Waals surface area (Å²) >= 11 is 1.93. The van der Waals surface area contributed by atoms with Gasteiger partial charge >= 0.3 is 0 Å². The molecule has 0 radical (unpaired) electrons. The van der Waals surface area contributed by atoms with E-state index in [1.54, 1.807) is 0 Å². The Morgan fingerprint density at radius 3 is 2.46 bits per heavy atom. The molecule has 0 aliphatic heterocycles. The summed E-state index contributed by atoms with van der Waals surface area (Å²) in [5.74, 6) is 6.96. The number of rotatable bonds is 4. The number of thioether (sulfide) groups is 1. The van der Waals surface area contributed by atoms with Crippen molar-refractivity contribution in [3.63, 3.8) is 0 Å². The predicted molar refractivity (Wildman–Crippen MR) is 62.9 cm³/mol. The molecule has 0 saturated heterocycles. The van der Waals surface area contributed by atoms with Gasteiger partial charge in [0.05, 0.1) is 0 Å². The Morgan fingerprint density at radius 1 is 1.38 bits per heavy atom. The molecule has 0 bridgehead atoms. The first-order valence-electron chi connectivity index (χ1n) is 4.75. The lowest BCUT2D eigenvalue weighted by Crippen LogP contribution is -2.25. The smallest absolute Gasteiger partial charge is 0.0139 e. The summed E-state index contributed by atoms with van der Waals surface area (Å²) in [7, 11) is 0. The van der Waals surface area contributed by atoms with Crippen LogP contribution in [0.5, 0.6) is 0 Å². The number of hydrogen-bond donors (Lipinski definition) is 1. The van der Waals surface area contributed by atoms with Gasteiger partial charge in [-0.2, -0.15) is 11.8 Å². The molecule has 0 aromatic carbocycles. The summed E-state index contributed by atoms with van der Waals surface area (Å²) < 4.78 is 0.327. The van der Waals surface area contributed by atoms with E-state index in [1.807, 2.05) is 18.7 Å². The topological polar surface area (TPSA) is 26.0 Å². The van der Waals surface area contributed by atoms with Gasteiger partial charge in [0.25, 0.3) is 0 Å². The van der Waals surface area contributed by atoms with Gasteiger partial charge < -0.3 is 5.73 Å². The van der Waals surface area contributed by atoms with Gasteiger partial charge in [-0.3, -0.25) is 0 Å². The fourth-order valence-corrected chi connectivity index (χ4v) is 1.70. The lowest BCUT2D eigenvalue weighted by Gasteiger charge is -2.20. The van der Waals surface area contributed by atoms with Gasteiger partial charge in [-0.1, -0.05) is 20.8 Å². The lowest BCUT2D eigenvalue weighted by atomic mass is 10.2. The predicted octanol–water partition coefficient (Wildman–Crippen LogP) is 2.65. The van der Waals surface area contributed by atoms with Crippen molar-refractivity contribution >= 4 is 11.8 Å². The van der Waals surface area contributed by atoms with Gasteiger partial charge in [0.15, 0.2) is 0 Å². The molecule has 0 amide bonds. The third kappa shape index (κ3) is 9.79. The second-order valence-electron chi connectivity index (χ2n) is 4.15. The van der Waals surface area contributed by atoms with Crippen LogP contribution in [0, 0.1) is 11.8 Å². The van der Waals surface area contributed by atoms with Crippen LogP contribution in [-0.4, -0.2) is 16.5 Å². The fraction of sp³-hybridized carbons (Fsp3) is 0.818. The Bertz CT molecular complexity index is 182. The fourth-order valence-electron chi connectivity index (χ4n) is 0.823. The Hall–Kier alpha value is -0.130. The van der Waals surface area contributed by atoms with Crippen molar-refractivity contribution in [2.45, 2.75) is 51.3 Å². The van der Waals surface area contributed by atoms with Crippen molar-refractivity contribution < 1.29 is 0 Å². The zero-order valence-electron chi connectivity index (χ0n) is 9.18. The van der Waals surface area contributed by atoms with E-state index in [0.717, 1.165) is 18.6 Å². The molecule has 0 spiro atoms. The summed E-state index contributed by atoms with van der Waals surface area (Å²) in [4.78, 5) is 0. The molecular weight excluding hydrogens is 178 g/mol. The summed E-state index contributed by atoms with van der Waals surface area (Å²) in [5.41, 5.74) is 5.93. The van der Waals surface area contributed by atoms with Crippen molar-refractivity contribution in [2.75, 3.05) is 5.75 Å². The van der Waals surface area contributed by atoms with E-state index in [0.29, 0.717) is 10.8 Å². The van der Waals surface area contributed by atoms with Crippen LogP contribution >= 0.6 is 11.8 Å². The van der Waals surface area contributed by atoms with Gasteiger partial charge in [-0.05, 0) is 13.3 Å².